The predicted octanol–water partition coefficient (Wildman–Crippen LogP) is 0.929. The van der Waals surface area contributed by atoms with Gasteiger partial charge in [-0.05, 0) is 41.8 Å². The summed E-state index contributed by atoms with van der Waals surface area (Å²) in [5.41, 5.74) is -0.375. The third-order valence-electron chi connectivity index (χ3n) is 7.27. The van der Waals surface area contributed by atoms with Gasteiger partial charge in [-0.25, -0.2) is 0 Å². The fraction of sp³-hybridized carbons (Fsp3) is 0.310. The molecule has 0 bridgehead atoms. The van der Waals surface area contributed by atoms with Crippen LogP contribution >= 0.6 is 0 Å². The van der Waals surface area contributed by atoms with Crippen molar-refractivity contribution in [1.29, 1.82) is 0 Å². The first-order valence-electron chi connectivity index (χ1n) is 17.0. The van der Waals surface area contributed by atoms with Gasteiger partial charge in [0.25, 0.3) is 50.6 Å². The molecule has 32 heteroatoms. The van der Waals surface area contributed by atoms with Crippen LogP contribution in [0, 0.1) is 0 Å². The maximum Gasteiger partial charge on any atom is 0.295 e. The predicted molar refractivity (Wildman–Crippen MR) is 221 cm³/mol. The number of nitrogens with one attached hydrogen (secondary N) is 6. The zero-order valence-electron chi connectivity index (χ0n) is 31.3. The van der Waals surface area contributed by atoms with E-state index < -0.39 is 90.7 Å². The van der Waals surface area contributed by atoms with E-state index in [9.17, 15) is 51.2 Å². The van der Waals surface area contributed by atoms with Gasteiger partial charge < -0.3 is 31.9 Å². The molecule has 0 aliphatic rings. The Kier molecular flexibility index (Phi) is 15.8. The molecule has 11 N–H and O–H groups in total. The number of anilines is 8. The molecular formula is C29H38N12O15S5. The van der Waals surface area contributed by atoms with Crippen LogP contribution in [0.15, 0.2) is 46.2 Å². The first kappa shape index (κ1) is 48.2. The summed E-state index contributed by atoms with van der Waals surface area (Å²) in [6.07, 6.45) is 2.91. The number of hydrogen-bond acceptors (Lipinski definition) is 22. The molecule has 2 aromatic heterocycles. The summed E-state index contributed by atoms with van der Waals surface area (Å²) in [5.74, 6) is -3.28. The van der Waals surface area contributed by atoms with Crippen molar-refractivity contribution in [3.8, 4) is 0 Å². The Morgan fingerprint density at radius 3 is 1.03 bits per heavy atom. The standard InChI is InChI=1S/C29H38N12O15S5/c1-2-9-30-24-36-25(31-10-13-57(42,43)44)39-28(38-24)34-20-7-5-18(22(16-20)60(51,52)53)3-4-19-6-8-21(17-23(19)61(54,55)56)35-29-40-26(32-11-14-58(45,46)47)37-27(41-29)33-12-15-59(48,49)50/h3-8,16-17H,2,9-15H2,1H3,(H,42,43,44)(H,45,46,47)(H,48,49,50)(H,51,52,53)(H,54,55,56)(H3,30,31,34,36,38,39)(H3,32,33,35,37,40,41)/b4-3+. The molecule has 334 valence electrons. The van der Waals surface area contributed by atoms with E-state index in [1.165, 1.54) is 24.3 Å². The second-order valence-electron chi connectivity index (χ2n) is 12.2. The lowest BCUT2D eigenvalue weighted by Gasteiger charge is -2.13. The van der Waals surface area contributed by atoms with Crippen molar-refractivity contribution in [2.45, 2.75) is 23.1 Å². The lowest BCUT2D eigenvalue weighted by Crippen LogP contribution is -2.19. The number of benzene rings is 2. The summed E-state index contributed by atoms with van der Waals surface area (Å²) in [6.45, 7) is 1.25. The van der Waals surface area contributed by atoms with Gasteiger partial charge in [-0.3, -0.25) is 22.8 Å². The second kappa shape index (κ2) is 19.9. The van der Waals surface area contributed by atoms with E-state index in [4.69, 9.17) is 13.7 Å². The Hall–Kier alpha value is -5.45. The molecule has 0 saturated carbocycles. The fourth-order valence-electron chi connectivity index (χ4n) is 4.68. The van der Waals surface area contributed by atoms with E-state index in [-0.39, 0.29) is 64.7 Å². The monoisotopic (exact) mass is 954 g/mol. The van der Waals surface area contributed by atoms with E-state index in [1.807, 2.05) is 6.92 Å². The normalized spacial score (nSPS) is 12.6. The summed E-state index contributed by atoms with van der Waals surface area (Å²) in [7, 11) is -23.1. The van der Waals surface area contributed by atoms with Crippen LogP contribution in [-0.2, 0) is 50.6 Å². The SMILES string of the molecule is CCCNc1nc(NCCS(=O)(=O)O)nc(Nc2ccc(/C=C/c3ccc(Nc4nc(NCCS(=O)(=O)O)nc(NCCS(=O)(=O)O)n4)cc3S(=O)(=O)O)c(S(=O)(=O)O)c2)n1. The maximum absolute atomic E-state index is 12.5. The quantitative estimate of drug-likeness (QED) is 0.0364. The molecular weight excluding hydrogens is 917 g/mol. The van der Waals surface area contributed by atoms with Crippen molar-refractivity contribution < 1.29 is 64.9 Å². The van der Waals surface area contributed by atoms with Gasteiger partial charge in [-0.1, -0.05) is 31.2 Å². The third kappa shape index (κ3) is 16.9. The highest BCUT2D eigenvalue weighted by Gasteiger charge is 2.19. The Morgan fingerprint density at radius 2 is 0.754 bits per heavy atom. The average Bonchev–Trinajstić information content (AvgIpc) is 3.11. The second-order valence-corrected chi connectivity index (χ2v) is 19.7. The van der Waals surface area contributed by atoms with Crippen molar-refractivity contribution in [3.63, 3.8) is 0 Å². The molecule has 2 heterocycles. The molecule has 27 nitrogen and oxygen atoms in total. The molecule has 0 aliphatic carbocycles. The zero-order chi connectivity index (χ0) is 45.2. The lowest BCUT2D eigenvalue weighted by atomic mass is 10.1. The van der Waals surface area contributed by atoms with Gasteiger partial charge in [0.2, 0.25) is 35.7 Å². The van der Waals surface area contributed by atoms with Crippen LogP contribution in [0.1, 0.15) is 24.5 Å². The van der Waals surface area contributed by atoms with Gasteiger partial charge in [-0.15, -0.1) is 0 Å². The van der Waals surface area contributed by atoms with Crippen molar-refractivity contribution >= 4 is 110 Å². The molecule has 61 heavy (non-hydrogen) atoms. The minimum atomic E-state index is -5.01. The summed E-state index contributed by atoms with van der Waals surface area (Å²) >= 11 is 0. The van der Waals surface area contributed by atoms with Crippen LogP contribution in [-0.4, -0.2) is 138 Å². The van der Waals surface area contributed by atoms with Crippen LogP contribution in [0.5, 0.6) is 0 Å². The van der Waals surface area contributed by atoms with Gasteiger partial charge in [-0.2, -0.15) is 72.0 Å². The Bertz CT molecular complexity index is 2780. The highest BCUT2D eigenvalue weighted by Crippen LogP contribution is 2.28. The molecule has 4 aromatic rings. The molecule has 2 aromatic carbocycles. The highest BCUT2D eigenvalue weighted by atomic mass is 32.2. The van der Waals surface area contributed by atoms with Crippen LogP contribution in [0.3, 0.4) is 0 Å². The fourth-order valence-corrected chi connectivity index (χ4v) is 7.18. The Balaban J connectivity index is 1.64. The highest BCUT2D eigenvalue weighted by molar-refractivity contribution is 7.86. The summed E-state index contributed by atoms with van der Waals surface area (Å²) < 4.78 is 164. The number of hydrogen-bond donors (Lipinski definition) is 11. The summed E-state index contributed by atoms with van der Waals surface area (Å²) in [6, 6.07) is 7.01. The topological polar surface area (TPSA) is 421 Å². The smallest absolute Gasteiger partial charge is 0.295 e. The van der Waals surface area contributed by atoms with Gasteiger partial charge in [0.1, 0.15) is 9.79 Å². The van der Waals surface area contributed by atoms with Gasteiger partial charge in [0.15, 0.2) is 0 Å². The minimum Gasteiger partial charge on any atom is -0.354 e. The van der Waals surface area contributed by atoms with Gasteiger partial charge in [0.05, 0.1) is 17.3 Å². The van der Waals surface area contributed by atoms with E-state index >= 15 is 0 Å². The average molecular weight is 955 g/mol. The number of rotatable bonds is 23. The summed E-state index contributed by atoms with van der Waals surface area (Å²) in [5, 5.41) is 16.0. The number of nitrogens with zero attached hydrogens (tertiary/aromatic N) is 6. The van der Waals surface area contributed by atoms with E-state index in [0.717, 1.165) is 24.3 Å². The van der Waals surface area contributed by atoms with Crippen LogP contribution in [0.2, 0.25) is 0 Å². The maximum atomic E-state index is 12.5. The van der Waals surface area contributed by atoms with Crippen molar-refractivity contribution in [2.24, 2.45) is 0 Å². The van der Waals surface area contributed by atoms with E-state index in [2.05, 4.69) is 61.8 Å². The molecule has 0 radical (unpaired) electrons. The van der Waals surface area contributed by atoms with Crippen molar-refractivity contribution in [2.75, 3.05) is 75.3 Å². The van der Waals surface area contributed by atoms with Gasteiger partial charge >= 0.3 is 0 Å². The largest absolute Gasteiger partial charge is 0.354 e. The molecule has 0 spiro atoms. The summed E-state index contributed by atoms with van der Waals surface area (Å²) in [4.78, 5) is 23.0. The molecule has 0 saturated heterocycles. The van der Waals surface area contributed by atoms with Crippen molar-refractivity contribution in [1.82, 2.24) is 29.9 Å². The van der Waals surface area contributed by atoms with E-state index in [1.54, 1.807) is 0 Å². The molecule has 0 fully saturated rings. The van der Waals surface area contributed by atoms with Gasteiger partial charge in [0, 0.05) is 37.6 Å². The van der Waals surface area contributed by atoms with Crippen molar-refractivity contribution in [3.05, 3.63) is 47.5 Å². The zero-order valence-corrected chi connectivity index (χ0v) is 35.4. The Morgan fingerprint density at radius 1 is 0.459 bits per heavy atom. The molecule has 4 rings (SSSR count). The van der Waals surface area contributed by atoms with E-state index in [0.29, 0.717) is 13.0 Å². The first-order chi connectivity index (χ1) is 28.3. The van der Waals surface area contributed by atoms with Crippen LogP contribution in [0.25, 0.3) is 12.2 Å². The van der Waals surface area contributed by atoms with Crippen LogP contribution in [0.4, 0.5) is 47.1 Å². The van der Waals surface area contributed by atoms with Crippen LogP contribution < -0.4 is 31.9 Å². The minimum absolute atomic E-state index is 0.0299. The first-order valence-corrected chi connectivity index (χ1v) is 24.8. The number of aromatic nitrogens is 6. The lowest BCUT2D eigenvalue weighted by molar-refractivity contribution is 0.480. The molecule has 0 amide bonds. The third-order valence-corrected chi connectivity index (χ3v) is 11.2. The molecule has 0 aliphatic heterocycles. The molecule has 0 unspecified atom stereocenters. The molecule has 0 atom stereocenters. The Labute approximate surface area is 349 Å².